The molecule has 0 spiro atoms. The van der Waals surface area contributed by atoms with Crippen LogP contribution in [0.3, 0.4) is 0 Å². The Morgan fingerprint density at radius 3 is 2.82 bits per heavy atom. The maximum atomic E-state index is 12.1. The van der Waals surface area contributed by atoms with E-state index in [4.69, 9.17) is 9.72 Å². The van der Waals surface area contributed by atoms with Gasteiger partial charge < -0.3 is 9.64 Å². The number of aromatic nitrogens is 2. The molecule has 0 radical (unpaired) electrons. The second kappa shape index (κ2) is 12.2. The molecule has 0 atom stereocenters. The average molecular weight is 489 g/mol. The standard InChI is InChI=1S/C25H36N4O2S2/c1-3-14-31-25-28-22-9-12-29(13-10-23(22)33-25)11-8-19-4-6-20(7-5-19)16-27-24(30)15-21-17-26-18(2)32-21/h16-17,19-20H,3-15H2,1-2H3. The van der Waals surface area contributed by atoms with Crippen LogP contribution < -0.4 is 4.74 Å². The Hall–Kier alpha value is -1.64. The molecule has 180 valence electrons. The maximum Gasteiger partial charge on any atom is 0.273 e. The smallest absolute Gasteiger partial charge is 0.273 e. The number of fused-ring (bicyclic) bond motifs is 1. The van der Waals surface area contributed by atoms with Crippen LogP contribution in [0.1, 0.15) is 65.9 Å². The lowest BCUT2D eigenvalue weighted by molar-refractivity contribution is -0.117. The van der Waals surface area contributed by atoms with Crippen LogP contribution in [0.15, 0.2) is 11.2 Å². The van der Waals surface area contributed by atoms with E-state index in [1.165, 1.54) is 36.4 Å². The molecule has 3 heterocycles. The quantitative estimate of drug-likeness (QED) is 0.458. The Kier molecular flexibility index (Phi) is 9.03. The molecule has 8 heteroatoms. The van der Waals surface area contributed by atoms with Crippen molar-refractivity contribution in [3.63, 3.8) is 0 Å². The molecule has 2 aromatic heterocycles. The number of aliphatic imine (C=N–C) groups is 1. The van der Waals surface area contributed by atoms with E-state index in [9.17, 15) is 4.79 Å². The second-order valence-corrected chi connectivity index (χ2v) is 11.7. The SMILES string of the molecule is CCCOc1nc2c(s1)CCN(CCC1CCC(C=NC(=O)Cc3cnc(C)s3)CC1)CC2. The van der Waals surface area contributed by atoms with Crippen molar-refractivity contribution in [1.29, 1.82) is 0 Å². The first-order chi connectivity index (χ1) is 16.1. The maximum absolute atomic E-state index is 12.1. The molecule has 0 unspecified atom stereocenters. The van der Waals surface area contributed by atoms with Gasteiger partial charge in [-0.05, 0) is 70.3 Å². The Labute approximate surface area is 205 Å². The van der Waals surface area contributed by atoms with Crippen molar-refractivity contribution >= 4 is 34.8 Å². The van der Waals surface area contributed by atoms with Gasteiger partial charge in [0.05, 0.1) is 23.7 Å². The number of carbonyl (C=O) groups excluding carboxylic acids is 1. The molecule has 4 rings (SSSR count). The van der Waals surface area contributed by atoms with Crippen LogP contribution in [0.4, 0.5) is 0 Å². The minimum Gasteiger partial charge on any atom is -0.470 e. The summed E-state index contributed by atoms with van der Waals surface area (Å²) in [7, 11) is 0. The molecular formula is C25H36N4O2S2. The van der Waals surface area contributed by atoms with Gasteiger partial charge in [0.25, 0.3) is 11.1 Å². The Morgan fingerprint density at radius 2 is 2.06 bits per heavy atom. The number of nitrogens with zero attached hydrogens (tertiary/aromatic N) is 4. The van der Waals surface area contributed by atoms with Crippen molar-refractivity contribution in [2.45, 2.75) is 71.6 Å². The summed E-state index contributed by atoms with van der Waals surface area (Å²) in [6.07, 6.45) is 13.3. The minimum atomic E-state index is -0.0472. The Balaban J connectivity index is 1.13. The van der Waals surface area contributed by atoms with E-state index in [0.29, 0.717) is 12.3 Å². The van der Waals surface area contributed by atoms with Gasteiger partial charge in [-0.2, -0.15) is 0 Å². The van der Waals surface area contributed by atoms with E-state index in [-0.39, 0.29) is 5.91 Å². The summed E-state index contributed by atoms with van der Waals surface area (Å²) in [5.74, 6) is 1.21. The Morgan fingerprint density at radius 1 is 1.24 bits per heavy atom. The van der Waals surface area contributed by atoms with E-state index in [1.807, 2.05) is 13.1 Å². The molecule has 2 aliphatic rings. The summed E-state index contributed by atoms with van der Waals surface area (Å²) < 4.78 is 5.73. The molecule has 1 aliphatic heterocycles. The number of hydrogen-bond donors (Lipinski definition) is 0. The monoisotopic (exact) mass is 488 g/mol. The highest BCUT2D eigenvalue weighted by Crippen LogP contribution is 2.31. The van der Waals surface area contributed by atoms with Crippen molar-refractivity contribution < 1.29 is 9.53 Å². The molecule has 6 nitrogen and oxygen atoms in total. The lowest BCUT2D eigenvalue weighted by Gasteiger charge is -2.28. The second-order valence-electron chi connectivity index (χ2n) is 9.30. The largest absolute Gasteiger partial charge is 0.470 e. The minimum absolute atomic E-state index is 0.0472. The van der Waals surface area contributed by atoms with Crippen LogP contribution in [-0.4, -0.2) is 53.2 Å². The van der Waals surface area contributed by atoms with Crippen LogP contribution >= 0.6 is 22.7 Å². The van der Waals surface area contributed by atoms with E-state index in [0.717, 1.165) is 72.8 Å². The molecule has 1 aliphatic carbocycles. The molecule has 0 saturated heterocycles. The van der Waals surface area contributed by atoms with E-state index in [2.05, 4.69) is 21.8 Å². The predicted molar refractivity (Wildman–Crippen MR) is 136 cm³/mol. The normalized spacial score (nSPS) is 21.8. The third-order valence-electron chi connectivity index (χ3n) is 6.68. The summed E-state index contributed by atoms with van der Waals surface area (Å²) in [6, 6.07) is 0. The van der Waals surface area contributed by atoms with Gasteiger partial charge in [-0.25, -0.2) is 15.0 Å². The van der Waals surface area contributed by atoms with E-state index in [1.54, 1.807) is 28.9 Å². The Bertz CT molecular complexity index is 905. The predicted octanol–water partition coefficient (Wildman–Crippen LogP) is 5.13. The average Bonchev–Trinajstić information content (AvgIpc) is 3.36. The van der Waals surface area contributed by atoms with Gasteiger partial charge in [-0.1, -0.05) is 18.3 Å². The fourth-order valence-corrected chi connectivity index (χ4v) is 6.48. The van der Waals surface area contributed by atoms with Gasteiger partial charge in [0.2, 0.25) is 0 Å². The third-order valence-corrected chi connectivity index (χ3v) is 8.66. The van der Waals surface area contributed by atoms with Crippen molar-refractivity contribution in [3.05, 3.63) is 26.7 Å². The summed E-state index contributed by atoms with van der Waals surface area (Å²) in [6.45, 7) is 8.27. The van der Waals surface area contributed by atoms with Crippen LogP contribution in [0.2, 0.25) is 0 Å². The number of aryl methyl sites for hydroxylation is 1. The summed E-state index contributed by atoms with van der Waals surface area (Å²) in [5, 5.41) is 1.86. The first kappa shape index (κ1) is 24.5. The van der Waals surface area contributed by atoms with Crippen LogP contribution in [-0.2, 0) is 24.1 Å². The van der Waals surface area contributed by atoms with Gasteiger partial charge in [0, 0.05) is 41.7 Å². The van der Waals surface area contributed by atoms with Crippen molar-refractivity contribution in [3.8, 4) is 5.19 Å². The number of hydrogen-bond acceptors (Lipinski definition) is 7. The fraction of sp³-hybridized carbons (Fsp3) is 0.680. The zero-order valence-electron chi connectivity index (χ0n) is 19.9. The fourth-order valence-electron chi connectivity index (χ4n) is 4.72. The topological polar surface area (TPSA) is 67.7 Å². The number of carbonyl (C=O) groups is 1. The molecule has 1 fully saturated rings. The number of rotatable bonds is 9. The highest BCUT2D eigenvalue weighted by Gasteiger charge is 2.23. The van der Waals surface area contributed by atoms with Crippen molar-refractivity contribution in [2.24, 2.45) is 16.8 Å². The summed E-state index contributed by atoms with van der Waals surface area (Å²) in [4.78, 5) is 30.3. The lowest BCUT2D eigenvalue weighted by Crippen LogP contribution is -2.29. The molecule has 1 amide bonds. The van der Waals surface area contributed by atoms with Crippen LogP contribution in [0.5, 0.6) is 5.19 Å². The third kappa shape index (κ3) is 7.42. The van der Waals surface area contributed by atoms with Gasteiger partial charge in [-0.15, -0.1) is 11.3 Å². The molecule has 2 aromatic rings. The molecule has 1 saturated carbocycles. The summed E-state index contributed by atoms with van der Waals surface area (Å²) >= 11 is 3.32. The first-order valence-corrected chi connectivity index (χ1v) is 14.0. The highest BCUT2D eigenvalue weighted by atomic mass is 32.1. The number of amides is 1. The molecule has 0 aromatic carbocycles. The summed E-state index contributed by atoms with van der Waals surface area (Å²) in [5.41, 5.74) is 1.26. The lowest BCUT2D eigenvalue weighted by atomic mass is 9.81. The van der Waals surface area contributed by atoms with Gasteiger partial charge in [-0.3, -0.25) is 4.79 Å². The molecule has 0 bridgehead atoms. The highest BCUT2D eigenvalue weighted by molar-refractivity contribution is 7.13. The van der Waals surface area contributed by atoms with E-state index >= 15 is 0 Å². The van der Waals surface area contributed by atoms with Crippen molar-refractivity contribution in [1.82, 2.24) is 14.9 Å². The zero-order chi connectivity index (χ0) is 23.0. The van der Waals surface area contributed by atoms with Crippen molar-refractivity contribution in [2.75, 3.05) is 26.2 Å². The zero-order valence-corrected chi connectivity index (χ0v) is 21.6. The number of ether oxygens (including phenoxy) is 1. The van der Waals surface area contributed by atoms with Gasteiger partial charge in [0.1, 0.15) is 0 Å². The van der Waals surface area contributed by atoms with Crippen LogP contribution in [0.25, 0.3) is 0 Å². The molecular weight excluding hydrogens is 452 g/mol. The molecule has 0 N–H and O–H groups in total. The first-order valence-electron chi connectivity index (χ1n) is 12.4. The van der Waals surface area contributed by atoms with E-state index < -0.39 is 0 Å². The van der Waals surface area contributed by atoms with Gasteiger partial charge >= 0.3 is 0 Å². The molecule has 33 heavy (non-hydrogen) atoms. The van der Waals surface area contributed by atoms with Crippen LogP contribution in [0, 0.1) is 18.8 Å². The number of thiazole rings is 2. The van der Waals surface area contributed by atoms with Gasteiger partial charge in [0.15, 0.2) is 0 Å².